The van der Waals surface area contributed by atoms with Gasteiger partial charge in [-0.2, -0.15) is 0 Å². The van der Waals surface area contributed by atoms with Crippen LogP contribution in [0.1, 0.15) is 37.8 Å². The number of piperidine rings is 1. The van der Waals surface area contributed by atoms with Gasteiger partial charge in [0.25, 0.3) is 0 Å². The molecule has 0 atom stereocenters. The van der Waals surface area contributed by atoms with E-state index in [0.717, 1.165) is 58.8 Å². The van der Waals surface area contributed by atoms with E-state index in [2.05, 4.69) is 55.3 Å². The predicted molar refractivity (Wildman–Crippen MR) is 133 cm³/mol. The van der Waals surface area contributed by atoms with E-state index >= 15 is 0 Å². The van der Waals surface area contributed by atoms with E-state index in [1.54, 1.807) is 12.1 Å². The van der Waals surface area contributed by atoms with E-state index in [4.69, 9.17) is 16.6 Å². The molecule has 4 rings (SSSR count). The number of pyridine rings is 1. The number of nitrogens with one attached hydrogen (secondary N) is 2. The summed E-state index contributed by atoms with van der Waals surface area (Å²) in [5.41, 5.74) is 5.90. The molecule has 1 aliphatic heterocycles. The van der Waals surface area contributed by atoms with Gasteiger partial charge >= 0.3 is 0 Å². The Morgan fingerprint density at radius 3 is 2.69 bits per heavy atom. The van der Waals surface area contributed by atoms with Crippen LogP contribution in [-0.2, 0) is 12.8 Å². The third kappa shape index (κ3) is 5.48. The molecule has 2 aromatic carbocycles. The standard InChI is InChI=1S/C27H31ClFN3/c1-17(2)31-18(3)12-23-15-22-14-20(13-19-8-10-30-11-9-19)4-7-26(22)32-27(23)21-5-6-25(29)24(28)16-21/h4-7,14-17,19,30-31H,3,8-13H2,1-2H3. The molecular weight excluding hydrogens is 421 g/mol. The van der Waals surface area contributed by atoms with Gasteiger partial charge in [0.15, 0.2) is 0 Å². The van der Waals surface area contributed by atoms with Crippen LogP contribution in [0.5, 0.6) is 0 Å². The van der Waals surface area contributed by atoms with Crippen LogP contribution in [0.15, 0.2) is 54.7 Å². The monoisotopic (exact) mass is 451 g/mol. The van der Waals surface area contributed by atoms with Crippen molar-refractivity contribution < 1.29 is 4.39 Å². The molecule has 1 fully saturated rings. The van der Waals surface area contributed by atoms with Crippen molar-refractivity contribution in [3.8, 4) is 11.3 Å². The van der Waals surface area contributed by atoms with Gasteiger partial charge in [-0.3, -0.25) is 0 Å². The summed E-state index contributed by atoms with van der Waals surface area (Å²) < 4.78 is 13.8. The fourth-order valence-corrected chi connectivity index (χ4v) is 4.71. The SMILES string of the molecule is C=C(Cc1cc2cc(CC3CCNCC3)ccc2nc1-c1ccc(F)c(Cl)c1)NC(C)C. The fraction of sp³-hybridized carbons (Fsp3) is 0.370. The molecule has 3 aromatic rings. The molecule has 1 aliphatic rings. The largest absolute Gasteiger partial charge is 0.386 e. The summed E-state index contributed by atoms with van der Waals surface area (Å²) in [6.07, 6.45) is 4.20. The van der Waals surface area contributed by atoms with E-state index in [1.165, 1.54) is 24.5 Å². The van der Waals surface area contributed by atoms with Crippen molar-refractivity contribution in [3.63, 3.8) is 0 Å². The van der Waals surface area contributed by atoms with Crippen LogP contribution in [0.25, 0.3) is 22.2 Å². The molecule has 0 saturated carbocycles. The average molecular weight is 452 g/mol. The van der Waals surface area contributed by atoms with E-state index in [1.807, 2.05) is 0 Å². The van der Waals surface area contributed by atoms with Crippen LogP contribution >= 0.6 is 11.6 Å². The van der Waals surface area contributed by atoms with Gasteiger partial charge in [-0.15, -0.1) is 0 Å². The molecule has 3 nitrogen and oxygen atoms in total. The summed E-state index contributed by atoms with van der Waals surface area (Å²) in [6, 6.07) is 13.9. The van der Waals surface area contributed by atoms with Gasteiger partial charge in [0.05, 0.1) is 16.2 Å². The second-order valence-corrected chi connectivity index (χ2v) is 9.54. The van der Waals surface area contributed by atoms with Crippen molar-refractivity contribution in [2.45, 2.75) is 45.6 Å². The first-order valence-corrected chi connectivity index (χ1v) is 11.8. The lowest BCUT2D eigenvalue weighted by atomic mass is 9.90. The number of hydrogen-bond donors (Lipinski definition) is 2. The summed E-state index contributed by atoms with van der Waals surface area (Å²) in [5.74, 6) is 0.308. The Labute approximate surface area is 195 Å². The lowest BCUT2D eigenvalue weighted by molar-refractivity contribution is 0.373. The Kier molecular flexibility index (Phi) is 7.12. The highest BCUT2D eigenvalue weighted by molar-refractivity contribution is 6.31. The maximum absolute atomic E-state index is 13.8. The first-order valence-electron chi connectivity index (χ1n) is 11.4. The van der Waals surface area contributed by atoms with E-state index in [9.17, 15) is 4.39 Å². The number of aromatic nitrogens is 1. The Balaban J connectivity index is 1.72. The van der Waals surface area contributed by atoms with Crippen molar-refractivity contribution in [2.75, 3.05) is 13.1 Å². The van der Waals surface area contributed by atoms with Crippen LogP contribution in [0.4, 0.5) is 4.39 Å². The second kappa shape index (κ2) is 10.0. The molecule has 32 heavy (non-hydrogen) atoms. The van der Waals surface area contributed by atoms with Gasteiger partial charge < -0.3 is 10.6 Å². The number of benzene rings is 2. The molecule has 0 bridgehead atoms. The Morgan fingerprint density at radius 2 is 1.97 bits per heavy atom. The lowest BCUT2D eigenvalue weighted by Crippen LogP contribution is -2.28. The first-order chi connectivity index (χ1) is 15.4. The van der Waals surface area contributed by atoms with Gasteiger partial charge in [-0.25, -0.2) is 9.37 Å². The number of halogens is 2. The summed E-state index contributed by atoms with van der Waals surface area (Å²) in [4.78, 5) is 4.98. The normalized spacial score (nSPS) is 14.8. The number of fused-ring (bicyclic) bond motifs is 1. The number of rotatable bonds is 7. The Morgan fingerprint density at radius 1 is 1.19 bits per heavy atom. The summed E-state index contributed by atoms with van der Waals surface area (Å²) in [5, 5.41) is 8.06. The minimum atomic E-state index is -0.425. The average Bonchev–Trinajstić information content (AvgIpc) is 2.75. The molecular formula is C27H31ClFN3. The molecule has 168 valence electrons. The molecule has 5 heteroatoms. The van der Waals surface area contributed by atoms with Gasteiger partial charge in [0, 0.05) is 29.1 Å². The molecule has 1 aromatic heterocycles. The first kappa shape index (κ1) is 22.8. The topological polar surface area (TPSA) is 37.0 Å². The molecule has 0 amide bonds. The lowest BCUT2D eigenvalue weighted by Gasteiger charge is -2.22. The Bertz CT molecular complexity index is 1120. The minimum Gasteiger partial charge on any atom is -0.386 e. The van der Waals surface area contributed by atoms with Crippen LogP contribution in [0.3, 0.4) is 0 Å². The van der Waals surface area contributed by atoms with Crippen molar-refractivity contribution in [1.82, 2.24) is 15.6 Å². The zero-order valence-corrected chi connectivity index (χ0v) is 19.6. The molecule has 0 aliphatic carbocycles. The molecule has 2 N–H and O–H groups in total. The van der Waals surface area contributed by atoms with Crippen molar-refractivity contribution >= 4 is 22.5 Å². The maximum Gasteiger partial charge on any atom is 0.141 e. The molecule has 2 heterocycles. The highest BCUT2D eigenvalue weighted by atomic mass is 35.5. The second-order valence-electron chi connectivity index (χ2n) is 9.13. The predicted octanol–water partition coefficient (Wildman–Crippen LogP) is 6.29. The summed E-state index contributed by atoms with van der Waals surface area (Å²) in [6.45, 7) is 10.6. The molecule has 1 saturated heterocycles. The van der Waals surface area contributed by atoms with Crippen LogP contribution in [0, 0.1) is 11.7 Å². The Hall–Kier alpha value is -2.43. The summed E-state index contributed by atoms with van der Waals surface area (Å²) in [7, 11) is 0. The third-order valence-electron chi connectivity index (χ3n) is 6.03. The smallest absolute Gasteiger partial charge is 0.141 e. The van der Waals surface area contributed by atoms with Gasteiger partial charge in [0.1, 0.15) is 5.82 Å². The van der Waals surface area contributed by atoms with Gasteiger partial charge in [-0.05, 0) is 99.6 Å². The van der Waals surface area contributed by atoms with Crippen LogP contribution < -0.4 is 10.6 Å². The van der Waals surface area contributed by atoms with Crippen LogP contribution in [-0.4, -0.2) is 24.1 Å². The van der Waals surface area contributed by atoms with E-state index in [0.29, 0.717) is 12.5 Å². The number of nitrogens with zero attached hydrogens (tertiary/aromatic N) is 1. The minimum absolute atomic E-state index is 0.104. The fourth-order valence-electron chi connectivity index (χ4n) is 4.53. The highest BCUT2D eigenvalue weighted by Gasteiger charge is 2.16. The maximum atomic E-state index is 13.8. The third-order valence-corrected chi connectivity index (χ3v) is 6.32. The zero-order chi connectivity index (χ0) is 22.7. The summed E-state index contributed by atoms with van der Waals surface area (Å²) >= 11 is 6.09. The molecule has 0 radical (unpaired) electrons. The van der Waals surface area contributed by atoms with E-state index < -0.39 is 5.82 Å². The number of hydrogen-bond acceptors (Lipinski definition) is 3. The van der Waals surface area contributed by atoms with Gasteiger partial charge in [-0.1, -0.05) is 24.2 Å². The van der Waals surface area contributed by atoms with Crippen LogP contribution in [0.2, 0.25) is 5.02 Å². The van der Waals surface area contributed by atoms with Crippen molar-refractivity contribution in [3.05, 3.63) is 76.7 Å². The molecule has 0 spiro atoms. The van der Waals surface area contributed by atoms with Gasteiger partial charge in [0.2, 0.25) is 0 Å². The highest BCUT2D eigenvalue weighted by Crippen LogP contribution is 2.31. The quantitative estimate of drug-likeness (QED) is 0.443. The molecule has 0 unspecified atom stereocenters. The zero-order valence-electron chi connectivity index (χ0n) is 18.8. The van der Waals surface area contributed by atoms with Crippen molar-refractivity contribution in [2.24, 2.45) is 5.92 Å². The van der Waals surface area contributed by atoms with E-state index in [-0.39, 0.29) is 5.02 Å². The van der Waals surface area contributed by atoms with Crippen molar-refractivity contribution in [1.29, 1.82) is 0 Å². The number of allylic oxidation sites excluding steroid dienone is 1.